The van der Waals surface area contributed by atoms with Crippen LogP contribution in [0.15, 0.2) is 109 Å². The highest BCUT2D eigenvalue weighted by atomic mass is 16.6. The molecule has 1 atom stereocenters. The normalized spacial score (nSPS) is 12.9. The third-order valence-corrected chi connectivity index (χ3v) is 11.9. The lowest BCUT2D eigenvalue weighted by Gasteiger charge is -2.18. The van der Waals surface area contributed by atoms with Gasteiger partial charge in [-0.3, -0.25) is 14.4 Å². The summed E-state index contributed by atoms with van der Waals surface area (Å²) in [6.07, 6.45) is 76.6. The molecule has 0 amide bonds. The molecule has 0 heterocycles. The van der Waals surface area contributed by atoms with Gasteiger partial charge in [-0.05, 0) is 77.0 Å². The lowest BCUT2D eigenvalue weighted by Crippen LogP contribution is -2.30. The summed E-state index contributed by atoms with van der Waals surface area (Å²) < 4.78 is 16.8. The summed E-state index contributed by atoms with van der Waals surface area (Å²) in [5, 5.41) is 0. The monoisotopic (exact) mass is 957 g/mol. The maximum Gasteiger partial charge on any atom is 0.306 e. The molecule has 0 radical (unpaired) electrons. The van der Waals surface area contributed by atoms with Crippen LogP contribution in [-0.2, 0) is 28.6 Å². The minimum Gasteiger partial charge on any atom is -0.462 e. The van der Waals surface area contributed by atoms with Crippen molar-refractivity contribution in [1.82, 2.24) is 0 Å². The Hall–Kier alpha value is -3.93. The van der Waals surface area contributed by atoms with Gasteiger partial charge in [-0.25, -0.2) is 0 Å². The van der Waals surface area contributed by atoms with Crippen molar-refractivity contribution < 1.29 is 28.6 Å². The molecule has 0 aromatic rings. The van der Waals surface area contributed by atoms with Gasteiger partial charge in [0.15, 0.2) is 6.10 Å². The number of rotatable bonds is 50. The van der Waals surface area contributed by atoms with E-state index in [1.54, 1.807) is 0 Å². The summed E-state index contributed by atoms with van der Waals surface area (Å²) in [6.45, 7) is 6.40. The Kier molecular flexibility index (Phi) is 53.4. The summed E-state index contributed by atoms with van der Waals surface area (Å²) in [6, 6.07) is 0. The van der Waals surface area contributed by atoms with E-state index in [0.717, 1.165) is 77.0 Å². The molecule has 0 aliphatic heterocycles. The Bertz CT molecular complexity index is 1420. The van der Waals surface area contributed by atoms with Gasteiger partial charge in [0, 0.05) is 19.3 Å². The fourth-order valence-electron chi connectivity index (χ4n) is 7.63. The van der Waals surface area contributed by atoms with Crippen molar-refractivity contribution in [3.8, 4) is 0 Å². The number of allylic oxidation sites excluding steroid dienone is 18. The zero-order valence-electron chi connectivity index (χ0n) is 44.8. The summed E-state index contributed by atoms with van der Waals surface area (Å²) in [4.78, 5) is 38.1. The molecule has 6 heteroatoms. The first-order valence-electron chi connectivity index (χ1n) is 28.5. The van der Waals surface area contributed by atoms with Crippen LogP contribution < -0.4 is 0 Å². The van der Waals surface area contributed by atoms with Crippen molar-refractivity contribution in [1.29, 1.82) is 0 Å². The van der Waals surface area contributed by atoms with Crippen LogP contribution in [0, 0.1) is 0 Å². The molecule has 0 aromatic carbocycles. The minimum atomic E-state index is -0.825. The molecule has 0 aliphatic rings. The average Bonchev–Trinajstić information content (AvgIpc) is 3.35. The van der Waals surface area contributed by atoms with Crippen LogP contribution >= 0.6 is 0 Å². The van der Waals surface area contributed by atoms with Crippen LogP contribution in [0.3, 0.4) is 0 Å². The molecule has 69 heavy (non-hydrogen) atoms. The van der Waals surface area contributed by atoms with Crippen molar-refractivity contribution in [3.05, 3.63) is 109 Å². The first kappa shape index (κ1) is 65.1. The van der Waals surface area contributed by atoms with Crippen molar-refractivity contribution in [2.45, 2.75) is 258 Å². The predicted octanol–water partition coefficient (Wildman–Crippen LogP) is 19.1. The molecule has 0 aromatic heterocycles. The zero-order valence-corrected chi connectivity index (χ0v) is 44.8. The molecule has 0 N–H and O–H groups in total. The first-order chi connectivity index (χ1) is 34.0. The third kappa shape index (κ3) is 54.9. The van der Waals surface area contributed by atoms with E-state index in [1.165, 1.54) is 128 Å². The number of ether oxygens (including phenoxy) is 3. The van der Waals surface area contributed by atoms with Crippen LogP contribution in [0.25, 0.3) is 0 Å². The SMILES string of the molecule is CC\C=C/C=C\C=C/C=C\C=C/CCCCCC(=O)OCC(COC(=O)CCCCCCCCCCCCCCCCCCCCC)OC(=O)CCC/C=C\C/C=C\C/C=C\C/C=C\CCCCC. The predicted molar refractivity (Wildman–Crippen MR) is 297 cm³/mol. The van der Waals surface area contributed by atoms with Crippen molar-refractivity contribution >= 4 is 17.9 Å². The van der Waals surface area contributed by atoms with Crippen LogP contribution in [0.2, 0.25) is 0 Å². The molecule has 0 saturated carbocycles. The Labute approximate surface area is 425 Å². The van der Waals surface area contributed by atoms with E-state index in [0.29, 0.717) is 19.3 Å². The second-order valence-corrected chi connectivity index (χ2v) is 18.6. The summed E-state index contributed by atoms with van der Waals surface area (Å²) in [5.41, 5.74) is 0. The molecule has 0 fully saturated rings. The summed E-state index contributed by atoms with van der Waals surface area (Å²) in [5.74, 6) is -1.01. The van der Waals surface area contributed by atoms with Gasteiger partial charge in [0.1, 0.15) is 13.2 Å². The van der Waals surface area contributed by atoms with Crippen LogP contribution in [0.5, 0.6) is 0 Å². The maximum absolute atomic E-state index is 12.8. The van der Waals surface area contributed by atoms with Crippen LogP contribution in [0.4, 0.5) is 0 Å². The fraction of sp³-hybridized carbons (Fsp3) is 0.667. The van der Waals surface area contributed by atoms with Gasteiger partial charge in [-0.1, -0.05) is 265 Å². The largest absolute Gasteiger partial charge is 0.462 e. The van der Waals surface area contributed by atoms with E-state index in [9.17, 15) is 14.4 Å². The Morgan fingerprint density at radius 3 is 1.09 bits per heavy atom. The number of carbonyl (C=O) groups excluding carboxylic acids is 3. The smallest absolute Gasteiger partial charge is 0.306 e. The third-order valence-electron chi connectivity index (χ3n) is 11.9. The second-order valence-electron chi connectivity index (χ2n) is 18.6. The molecule has 0 bridgehead atoms. The number of carbonyl (C=O) groups is 3. The van der Waals surface area contributed by atoms with Crippen molar-refractivity contribution in [2.75, 3.05) is 13.2 Å². The van der Waals surface area contributed by atoms with Gasteiger partial charge in [0.25, 0.3) is 0 Å². The number of unbranched alkanes of at least 4 members (excludes halogenated alkanes) is 25. The maximum atomic E-state index is 12.8. The Balaban J connectivity index is 4.51. The lowest BCUT2D eigenvalue weighted by atomic mass is 10.0. The highest BCUT2D eigenvalue weighted by Gasteiger charge is 2.19. The molecule has 6 nitrogen and oxygen atoms in total. The quantitative estimate of drug-likeness (QED) is 0.0199. The molecule has 0 rings (SSSR count). The van der Waals surface area contributed by atoms with E-state index in [-0.39, 0.29) is 37.5 Å². The van der Waals surface area contributed by atoms with E-state index in [4.69, 9.17) is 14.2 Å². The van der Waals surface area contributed by atoms with Gasteiger partial charge in [-0.15, -0.1) is 0 Å². The van der Waals surface area contributed by atoms with Gasteiger partial charge in [0.2, 0.25) is 0 Å². The van der Waals surface area contributed by atoms with E-state index < -0.39 is 6.10 Å². The first-order valence-corrected chi connectivity index (χ1v) is 28.5. The van der Waals surface area contributed by atoms with E-state index in [1.807, 2.05) is 48.6 Å². The Morgan fingerprint density at radius 1 is 0.319 bits per heavy atom. The van der Waals surface area contributed by atoms with Gasteiger partial charge in [-0.2, -0.15) is 0 Å². The summed E-state index contributed by atoms with van der Waals surface area (Å²) in [7, 11) is 0. The van der Waals surface area contributed by atoms with Crippen molar-refractivity contribution in [3.63, 3.8) is 0 Å². The molecule has 392 valence electrons. The lowest BCUT2D eigenvalue weighted by molar-refractivity contribution is -0.167. The molecule has 0 aliphatic carbocycles. The summed E-state index contributed by atoms with van der Waals surface area (Å²) >= 11 is 0. The zero-order chi connectivity index (χ0) is 50.0. The van der Waals surface area contributed by atoms with Crippen molar-refractivity contribution in [2.24, 2.45) is 0 Å². The highest BCUT2D eigenvalue weighted by molar-refractivity contribution is 5.71. The average molecular weight is 958 g/mol. The highest BCUT2D eigenvalue weighted by Crippen LogP contribution is 2.16. The van der Waals surface area contributed by atoms with Gasteiger partial charge in [0.05, 0.1) is 0 Å². The molecule has 0 spiro atoms. The molecular formula is C63H104O6. The van der Waals surface area contributed by atoms with E-state index in [2.05, 4.69) is 81.5 Å². The molecule has 0 saturated heterocycles. The number of hydrogen-bond donors (Lipinski definition) is 0. The van der Waals surface area contributed by atoms with E-state index >= 15 is 0 Å². The van der Waals surface area contributed by atoms with Crippen LogP contribution in [-0.4, -0.2) is 37.2 Å². The van der Waals surface area contributed by atoms with Gasteiger partial charge >= 0.3 is 17.9 Å². The topological polar surface area (TPSA) is 78.9 Å². The molecular weight excluding hydrogens is 853 g/mol. The second kappa shape index (κ2) is 56.7. The Morgan fingerprint density at radius 2 is 0.638 bits per heavy atom. The van der Waals surface area contributed by atoms with Crippen LogP contribution in [0.1, 0.15) is 252 Å². The number of esters is 3. The standard InChI is InChI=1S/C63H104O6/c1-4-7-10-13-16-19-22-25-28-30-31-33-35-38-41-44-47-50-53-56-62(65)68-59-60(58-67-61(64)55-52-49-46-43-40-37-34-27-24-21-18-15-12-9-6-3)69-63(66)57-54-51-48-45-42-39-36-32-29-26-23-20-17-14-11-8-5-2/h9,12,15,17-18,20-21,24,26-27,29,34,36-37,39-40,45,48,60H,4-8,10-11,13-14,16,19,22-23,25,28,30-33,35,38,41-44,46-47,49-59H2,1-3H3/b12-9-,18-15-,20-17-,24-21-,29-26-,34-27-,39-36-,40-37-,48-45-. The number of hydrogen-bond acceptors (Lipinski definition) is 6. The fourth-order valence-corrected chi connectivity index (χ4v) is 7.63. The minimum absolute atomic E-state index is 0.113. The van der Waals surface area contributed by atoms with Gasteiger partial charge < -0.3 is 14.2 Å². The molecule has 1 unspecified atom stereocenters.